The lowest BCUT2D eigenvalue weighted by atomic mass is 10.1. The van der Waals surface area contributed by atoms with Crippen LogP contribution < -0.4 is 5.32 Å². The highest BCUT2D eigenvalue weighted by Crippen LogP contribution is 2.23. The molecule has 0 heterocycles. The van der Waals surface area contributed by atoms with Gasteiger partial charge in [0.25, 0.3) is 0 Å². The van der Waals surface area contributed by atoms with Gasteiger partial charge in [-0.2, -0.15) is 4.31 Å². The maximum Gasteiger partial charge on any atom is 0.243 e. The molecule has 0 bridgehead atoms. The van der Waals surface area contributed by atoms with Crippen LogP contribution in [0.1, 0.15) is 25.8 Å². The van der Waals surface area contributed by atoms with Gasteiger partial charge >= 0.3 is 0 Å². The van der Waals surface area contributed by atoms with E-state index >= 15 is 0 Å². The molecule has 5 nitrogen and oxygen atoms in total. The number of nitrogens with zero attached hydrogens (tertiary/aromatic N) is 1. The highest BCUT2D eigenvalue weighted by atomic mass is 35.5. The van der Waals surface area contributed by atoms with Crippen molar-refractivity contribution < 1.29 is 13.2 Å². The zero-order chi connectivity index (χ0) is 20.0. The van der Waals surface area contributed by atoms with Crippen molar-refractivity contribution in [1.82, 2.24) is 4.31 Å². The van der Waals surface area contributed by atoms with Gasteiger partial charge in [-0.3, -0.25) is 4.79 Å². The molecule has 8 heteroatoms. The third-order valence-corrected chi connectivity index (χ3v) is 6.91. The minimum Gasteiger partial charge on any atom is -0.326 e. The molecule has 2 aromatic carbocycles. The maximum absolute atomic E-state index is 12.5. The molecule has 0 saturated heterocycles. The fraction of sp³-hybridized carbons (Fsp3) is 0.316. The minimum absolute atomic E-state index is 0.166. The van der Waals surface area contributed by atoms with Gasteiger partial charge in [-0.1, -0.05) is 43.1 Å². The molecule has 2 rings (SSSR count). The number of hydrogen-bond acceptors (Lipinski definition) is 3. The first-order valence-electron chi connectivity index (χ1n) is 8.62. The maximum atomic E-state index is 12.5. The van der Waals surface area contributed by atoms with Gasteiger partial charge in [0, 0.05) is 25.2 Å². The number of sulfonamides is 1. The number of aryl methyl sites for hydroxylation is 1. The first-order chi connectivity index (χ1) is 12.8. The number of carbonyl (C=O) groups excluding carboxylic acids is 1. The summed E-state index contributed by atoms with van der Waals surface area (Å²) >= 11 is 11.8. The standard InChI is InChI=1S/C19H22Cl2N2O3S/c1-3-23(4-2)27(25,26)16-9-7-15(8-10-16)22-19(24)12-6-14-5-11-17(20)18(21)13-14/h5,7-11,13H,3-4,6,12H2,1-2H3,(H,22,24). The Hall–Kier alpha value is -1.60. The number of hydrogen-bond donors (Lipinski definition) is 1. The number of carbonyl (C=O) groups is 1. The molecule has 0 aliphatic carbocycles. The van der Waals surface area contributed by atoms with Gasteiger partial charge < -0.3 is 5.32 Å². The van der Waals surface area contributed by atoms with Crippen LogP contribution in [-0.2, 0) is 21.2 Å². The number of anilines is 1. The Morgan fingerprint density at radius 2 is 1.63 bits per heavy atom. The van der Waals surface area contributed by atoms with E-state index in [-0.39, 0.29) is 17.2 Å². The number of nitrogens with one attached hydrogen (secondary N) is 1. The van der Waals surface area contributed by atoms with E-state index in [0.717, 1.165) is 5.56 Å². The summed E-state index contributed by atoms with van der Waals surface area (Å²) in [5, 5.41) is 3.70. The molecule has 2 aromatic rings. The summed E-state index contributed by atoms with van der Waals surface area (Å²) in [6.07, 6.45) is 0.800. The Kier molecular flexibility index (Phi) is 7.68. The van der Waals surface area contributed by atoms with Crippen LogP contribution in [0.5, 0.6) is 0 Å². The Morgan fingerprint density at radius 3 is 2.19 bits per heavy atom. The predicted molar refractivity (Wildman–Crippen MR) is 110 cm³/mol. The lowest BCUT2D eigenvalue weighted by molar-refractivity contribution is -0.116. The summed E-state index contributed by atoms with van der Waals surface area (Å²) in [5.41, 5.74) is 1.47. The molecule has 27 heavy (non-hydrogen) atoms. The number of amides is 1. The molecule has 0 saturated carbocycles. The van der Waals surface area contributed by atoms with E-state index in [1.54, 1.807) is 38.1 Å². The van der Waals surface area contributed by atoms with Crippen molar-refractivity contribution in [2.45, 2.75) is 31.6 Å². The third kappa shape index (κ3) is 5.69. The fourth-order valence-corrected chi connectivity index (χ4v) is 4.38. The number of rotatable bonds is 8. The molecule has 0 radical (unpaired) electrons. The van der Waals surface area contributed by atoms with Crippen molar-refractivity contribution in [3.05, 3.63) is 58.1 Å². The second-order valence-corrected chi connectivity index (χ2v) is 8.66. The smallest absolute Gasteiger partial charge is 0.243 e. The van der Waals surface area contributed by atoms with Crippen LogP contribution in [0.25, 0.3) is 0 Å². The predicted octanol–water partition coefficient (Wildman–Crippen LogP) is 4.60. The van der Waals surface area contributed by atoms with Crippen LogP contribution in [0, 0.1) is 0 Å². The Morgan fingerprint density at radius 1 is 1.00 bits per heavy atom. The minimum atomic E-state index is -3.50. The highest BCUT2D eigenvalue weighted by molar-refractivity contribution is 7.89. The molecule has 0 aliphatic heterocycles. The Balaban J connectivity index is 1.97. The average Bonchev–Trinajstić information content (AvgIpc) is 2.64. The molecule has 1 N–H and O–H groups in total. The van der Waals surface area contributed by atoms with Gasteiger partial charge in [0.1, 0.15) is 0 Å². The summed E-state index contributed by atoms with van der Waals surface area (Å²) < 4.78 is 26.3. The van der Waals surface area contributed by atoms with Crippen molar-refractivity contribution in [2.75, 3.05) is 18.4 Å². The van der Waals surface area contributed by atoms with Gasteiger partial charge in [-0.15, -0.1) is 0 Å². The normalized spacial score (nSPS) is 11.6. The summed E-state index contributed by atoms with van der Waals surface area (Å²) in [5.74, 6) is -0.166. The molecule has 0 aliphatic rings. The third-order valence-electron chi connectivity index (χ3n) is 4.11. The van der Waals surface area contributed by atoms with E-state index < -0.39 is 10.0 Å². The van der Waals surface area contributed by atoms with E-state index in [2.05, 4.69) is 5.32 Å². The zero-order valence-electron chi connectivity index (χ0n) is 15.2. The topological polar surface area (TPSA) is 66.5 Å². The van der Waals surface area contributed by atoms with Crippen LogP contribution in [0.15, 0.2) is 47.4 Å². The summed E-state index contributed by atoms with van der Waals surface area (Å²) in [6, 6.07) is 11.5. The largest absolute Gasteiger partial charge is 0.326 e. The molecule has 146 valence electrons. The van der Waals surface area contributed by atoms with Crippen molar-refractivity contribution in [3.63, 3.8) is 0 Å². The van der Waals surface area contributed by atoms with Crippen molar-refractivity contribution >= 4 is 44.8 Å². The molecule has 0 atom stereocenters. The molecule has 0 spiro atoms. The summed E-state index contributed by atoms with van der Waals surface area (Å²) in [6.45, 7) is 4.41. The van der Waals surface area contributed by atoms with Crippen LogP contribution in [0.4, 0.5) is 5.69 Å². The highest BCUT2D eigenvalue weighted by Gasteiger charge is 2.21. The van der Waals surface area contributed by atoms with Crippen molar-refractivity contribution in [1.29, 1.82) is 0 Å². The van der Waals surface area contributed by atoms with E-state index in [1.807, 2.05) is 6.07 Å². The van der Waals surface area contributed by atoms with Gasteiger partial charge in [-0.05, 0) is 48.4 Å². The zero-order valence-corrected chi connectivity index (χ0v) is 17.5. The van der Waals surface area contributed by atoms with Gasteiger partial charge in [0.2, 0.25) is 15.9 Å². The Labute approximate surface area is 170 Å². The van der Waals surface area contributed by atoms with Gasteiger partial charge in [0.05, 0.1) is 14.9 Å². The molecule has 1 amide bonds. The number of benzene rings is 2. The second-order valence-electron chi connectivity index (χ2n) is 5.91. The second kappa shape index (κ2) is 9.55. The summed E-state index contributed by atoms with van der Waals surface area (Å²) in [7, 11) is -3.50. The average molecular weight is 429 g/mol. The molecule has 0 aromatic heterocycles. The van der Waals surface area contributed by atoms with Crippen LogP contribution >= 0.6 is 23.2 Å². The quantitative estimate of drug-likeness (QED) is 0.667. The monoisotopic (exact) mass is 428 g/mol. The SMILES string of the molecule is CCN(CC)S(=O)(=O)c1ccc(NC(=O)CCc2ccc(Cl)c(Cl)c2)cc1. The molecular weight excluding hydrogens is 407 g/mol. The lowest BCUT2D eigenvalue weighted by Gasteiger charge is -2.18. The molecular formula is C19H22Cl2N2O3S. The summed E-state index contributed by atoms with van der Waals surface area (Å²) in [4.78, 5) is 12.3. The van der Waals surface area contributed by atoms with E-state index in [0.29, 0.717) is 35.2 Å². The first-order valence-corrected chi connectivity index (χ1v) is 10.8. The van der Waals surface area contributed by atoms with Gasteiger partial charge in [-0.25, -0.2) is 8.42 Å². The van der Waals surface area contributed by atoms with E-state index in [9.17, 15) is 13.2 Å². The van der Waals surface area contributed by atoms with E-state index in [4.69, 9.17) is 23.2 Å². The molecule has 0 fully saturated rings. The fourth-order valence-electron chi connectivity index (χ4n) is 2.60. The molecule has 0 unspecified atom stereocenters. The lowest BCUT2D eigenvalue weighted by Crippen LogP contribution is -2.30. The van der Waals surface area contributed by atoms with Gasteiger partial charge in [0.15, 0.2) is 0 Å². The van der Waals surface area contributed by atoms with Crippen molar-refractivity contribution in [3.8, 4) is 0 Å². The van der Waals surface area contributed by atoms with E-state index in [1.165, 1.54) is 16.4 Å². The Bertz CT molecular complexity index is 896. The first kappa shape index (κ1) is 21.7. The number of halogens is 2. The van der Waals surface area contributed by atoms with Crippen molar-refractivity contribution in [2.24, 2.45) is 0 Å². The van der Waals surface area contributed by atoms with Crippen LogP contribution in [0.3, 0.4) is 0 Å². The van der Waals surface area contributed by atoms with Crippen LogP contribution in [-0.4, -0.2) is 31.7 Å². The van der Waals surface area contributed by atoms with Crippen LogP contribution in [0.2, 0.25) is 10.0 Å².